The van der Waals surface area contributed by atoms with Gasteiger partial charge in [-0.05, 0) is 32.0 Å². The minimum absolute atomic E-state index is 0.0951. The number of aryl methyl sites for hydroxylation is 2. The summed E-state index contributed by atoms with van der Waals surface area (Å²) in [5.74, 6) is -0.142. The van der Waals surface area contributed by atoms with E-state index in [1.165, 1.54) is 0 Å². The molecule has 1 amide bonds. The molecule has 0 fully saturated rings. The van der Waals surface area contributed by atoms with Gasteiger partial charge >= 0.3 is 0 Å². The van der Waals surface area contributed by atoms with Gasteiger partial charge < -0.3 is 5.32 Å². The van der Waals surface area contributed by atoms with Gasteiger partial charge in [-0.15, -0.1) is 0 Å². The molecule has 0 radical (unpaired) electrons. The maximum Gasteiger partial charge on any atom is 0.246 e. The Balaban J connectivity index is 1.72. The van der Waals surface area contributed by atoms with E-state index in [9.17, 15) is 4.79 Å². The maximum atomic E-state index is 12.7. The number of hydrogen-bond acceptors (Lipinski definition) is 4. The number of nitrogens with one attached hydrogen (secondary N) is 1. The second-order valence-electron chi connectivity index (χ2n) is 7.02. The van der Waals surface area contributed by atoms with Crippen LogP contribution in [0, 0.1) is 13.8 Å². The summed E-state index contributed by atoms with van der Waals surface area (Å²) in [5, 5.41) is 16.3. The highest BCUT2D eigenvalue weighted by molar-refractivity contribution is 5.91. The van der Waals surface area contributed by atoms with E-state index in [1.54, 1.807) is 17.1 Å². The number of nitrogens with zero attached hydrogens (tertiary/aromatic N) is 6. The predicted octanol–water partition coefficient (Wildman–Crippen LogP) is 2.94. The van der Waals surface area contributed by atoms with Gasteiger partial charge in [-0.1, -0.05) is 18.2 Å². The topological polar surface area (TPSA) is 82.6 Å². The Kier molecular flexibility index (Phi) is 4.75. The number of carbonyl (C=O) groups excluding carboxylic acids is 1. The van der Waals surface area contributed by atoms with Crippen LogP contribution in [-0.4, -0.2) is 35.2 Å². The molecule has 1 N–H and O–H groups in total. The van der Waals surface area contributed by atoms with Crippen molar-refractivity contribution in [3.05, 3.63) is 60.2 Å². The zero-order valence-corrected chi connectivity index (χ0v) is 16.9. The quantitative estimate of drug-likeness (QED) is 0.569. The third-order valence-corrected chi connectivity index (χ3v) is 5.15. The van der Waals surface area contributed by atoms with Gasteiger partial charge in [0.1, 0.15) is 6.54 Å². The molecule has 0 aliphatic carbocycles. The zero-order chi connectivity index (χ0) is 20.5. The normalized spacial score (nSPS) is 11.0. The summed E-state index contributed by atoms with van der Waals surface area (Å²) in [5.41, 5.74) is 6.28. The van der Waals surface area contributed by atoms with E-state index in [1.807, 2.05) is 73.7 Å². The van der Waals surface area contributed by atoms with Crippen molar-refractivity contribution in [1.82, 2.24) is 29.3 Å². The second-order valence-corrected chi connectivity index (χ2v) is 7.02. The van der Waals surface area contributed by atoms with Gasteiger partial charge in [0.2, 0.25) is 5.91 Å². The fourth-order valence-corrected chi connectivity index (χ4v) is 3.24. The van der Waals surface area contributed by atoms with Crippen LogP contribution in [0.4, 0.5) is 5.69 Å². The van der Waals surface area contributed by atoms with E-state index in [0.717, 1.165) is 39.6 Å². The average molecular weight is 389 g/mol. The molecule has 29 heavy (non-hydrogen) atoms. The van der Waals surface area contributed by atoms with E-state index in [0.29, 0.717) is 0 Å². The monoisotopic (exact) mass is 389 g/mol. The van der Waals surface area contributed by atoms with Crippen molar-refractivity contribution in [3.63, 3.8) is 0 Å². The number of para-hydroxylation sites is 1. The van der Waals surface area contributed by atoms with Crippen molar-refractivity contribution in [2.75, 3.05) is 5.32 Å². The molecule has 1 aromatic carbocycles. The van der Waals surface area contributed by atoms with E-state index >= 15 is 0 Å². The molecule has 8 heteroatoms. The standard InChI is InChI=1S/C21H23N7O/c1-14-17(11-22-26(14)3)19-10-20(18-12-23-27(4)15(18)2)28(25-19)13-21(29)24-16-8-6-5-7-9-16/h5-12H,13H2,1-4H3,(H,24,29). The van der Waals surface area contributed by atoms with Gasteiger partial charge in [0.15, 0.2) is 0 Å². The number of rotatable bonds is 5. The Hall–Kier alpha value is -3.68. The van der Waals surface area contributed by atoms with Gasteiger partial charge in [0.25, 0.3) is 0 Å². The molecule has 0 saturated heterocycles. The Morgan fingerprint density at radius 2 is 1.59 bits per heavy atom. The summed E-state index contributed by atoms with van der Waals surface area (Å²) in [7, 11) is 3.79. The van der Waals surface area contributed by atoms with Crippen LogP contribution in [0.3, 0.4) is 0 Å². The van der Waals surface area contributed by atoms with Crippen molar-refractivity contribution < 1.29 is 4.79 Å². The first-order valence-corrected chi connectivity index (χ1v) is 9.34. The lowest BCUT2D eigenvalue weighted by molar-refractivity contribution is -0.116. The number of anilines is 1. The molecule has 4 aromatic rings. The highest BCUT2D eigenvalue weighted by atomic mass is 16.2. The van der Waals surface area contributed by atoms with Crippen LogP contribution in [0.1, 0.15) is 11.4 Å². The Morgan fingerprint density at radius 3 is 2.17 bits per heavy atom. The van der Waals surface area contributed by atoms with Gasteiger partial charge in [-0.25, -0.2) is 0 Å². The second kappa shape index (κ2) is 7.38. The minimum atomic E-state index is -0.142. The number of amides is 1. The summed E-state index contributed by atoms with van der Waals surface area (Å²) in [6.45, 7) is 4.09. The smallest absolute Gasteiger partial charge is 0.246 e. The van der Waals surface area contributed by atoms with Crippen LogP contribution in [0.5, 0.6) is 0 Å². The average Bonchev–Trinajstić information content (AvgIpc) is 3.35. The molecule has 0 bridgehead atoms. The van der Waals surface area contributed by atoms with Gasteiger partial charge in [0.05, 0.1) is 23.8 Å². The van der Waals surface area contributed by atoms with Crippen LogP contribution in [-0.2, 0) is 25.4 Å². The molecule has 4 rings (SSSR count). The number of carbonyl (C=O) groups is 1. The van der Waals surface area contributed by atoms with Crippen molar-refractivity contribution in [2.24, 2.45) is 14.1 Å². The summed E-state index contributed by atoms with van der Waals surface area (Å²) in [4.78, 5) is 12.7. The summed E-state index contributed by atoms with van der Waals surface area (Å²) in [6.07, 6.45) is 3.60. The molecule has 148 valence electrons. The largest absolute Gasteiger partial charge is 0.324 e. The predicted molar refractivity (Wildman–Crippen MR) is 111 cm³/mol. The van der Waals surface area contributed by atoms with Crippen LogP contribution < -0.4 is 5.32 Å². The molecule has 0 atom stereocenters. The SMILES string of the molecule is Cc1c(-c2cc(-c3cnn(C)c3C)n(CC(=O)Nc3ccccc3)n2)cnn1C. The van der Waals surface area contributed by atoms with Gasteiger partial charge in [0, 0.05) is 42.3 Å². The molecule has 0 saturated carbocycles. The number of hydrogen-bond donors (Lipinski definition) is 1. The summed E-state index contributed by atoms with van der Waals surface area (Å²) < 4.78 is 5.35. The van der Waals surface area contributed by atoms with Gasteiger partial charge in [-0.3, -0.25) is 18.8 Å². The lowest BCUT2D eigenvalue weighted by Gasteiger charge is -2.08. The van der Waals surface area contributed by atoms with E-state index in [-0.39, 0.29) is 12.5 Å². The van der Waals surface area contributed by atoms with Crippen LogP contribution in [0.15, 0.2) is 48.8 Å². The summed E-state index contributed by atoms with van der Waals surface area (Å²) >= 11 is 0. The maximum absolute atomic E-state index is 12.7. The van der Waals surface area contributed by atoms with Crippen molar-refractivity contribution in [3.8, 4) is 22.5 Å². The van der Waals surface area contributed by atoms with Crippen molar-refractivity contribution in [2.45, 2.75) is 20.4 Å². The molecule has 8 nitrogen and oxygen atoms in total. The highest BCUT2D eigenvalue weighted by Crippen LogP contribution is 2.29. The first-order valence-electron chi connectivity index (χ1n) is 9.34. The van der Waals surface area contributed by atoms with Crippen LogP contribution in [0.2, 0.25) is 0 Å². The molecule has 0 spiro atoms. The van der Waals surface area contributed by atoms with Crippen LogP contribution >= 0.6 is 0 Å². The van der Waals surface area contributed by atoms with E-state index in [4.69, 9.17) is 5.10 Å². The van der Waals surface area contributed by atoms with Crippen molar-refractivity contribution in [1.29, 1.82) is 0 Å². The fraction of sp³-hybridized carbons (Fsp3) is 0.238. The number of aromatic nitrogens is 6. The first-order chi connectivity index (χ1) is 13.9. The molecular weight excluding hydrogens is 366 g/mol. The first kappa shape index (κ1) is 18.7. The lowest BCUT2D eigenvalue weighted by Crippen LogP contribution is -2.20. The lowest BCUT2D eigenvalue weighted by atomic mass is 10.1. The van der Waals surface area contributed by atoms with E-state index in [2.05, 4.69) is 15.5 Å². The minimum Gasteiger partial charge on any atom is -0.324 e. The molecule has 3 aromatic heterocycles. The third-order valence-electron chi connectivity index (χ3n) is 5.15. The third kappa shape index (κ3) is 3.56. The molecule has 0 aliphatic rings. The van der Waals surface area contributed by atoms with Crippen molar-refractivity contribution >= 4 is 11.6 Å². The zero-order valence-electron chi connectivity index (χ0n) is 16.9. The Morgan fingerprint density at radius 1 is 0.966 bits per heavy atom. The molecule has 0 unspecified atom stereocenters. The Bertz CT molecular complexity index is 1170. The van der Waals surface area contributed by atoms with Gasteiger partial charge in [-0.2, -0.15) is 15.3 Å². The fourth-order valence-electron chi connectivity index (χ4n) is 3.24. The summed E-state index contributed by atoms with van der Waals surface area (Å²) in [6, 6.07) is 11.4. The van der Waals surface area contributed by atoms with E-state index < -0.39 is 0 Å². The number of benzene rings is 1. The molecular formula is C21H23N7O. The molecule has 0 aliphatic heterocycles. The Labute approximate surface area is 168 Å². The molecule has 3 heterocycles. The highest BCUT2D eigenvalue weighted by Gasteiger charge is 2.19. The van der Waals surface area contributed by atoms with Crippen LogP contribution in [0.25, 0.3) is 22.5 Å².